The van der Waals surface area contributed by atoms with E-state index in [2.05, 4.69) is 10.3 Å². The van der Waals surface area contributed by atoms with Gasteiger partial charge in [0.2, 0.25) is 5.91 Å². The van der Waals surface area contributed by atoms with Crippen LogP contribution in [0.1, 0.15) is 16.9 Å². The first-order chi connectivity index (χ1) is 12.1. The number of carbonyl (C=O) groups is 2. The van der Waals surface area contributed by atoms with Gasteiger partial charge in [0.1, 0.15) is 5.69 Å². The number of piperazine rings is 1. The van der Waals surface area contributed by atoms with E-state index >= 15 is 0 Å². The van der Waals surface area contributed by atoms with E-state index in [1.165, 1.54) is 0 Å². The number of hydrogen-bond acceptors (Lipinski definition) is 4. The Morgan fingerprint density at radius 2 is 1.77 bits per heavy atom. The highest BCUT2D eigenvalue weighted by molar-refractivity contribution is 5.98. The number of carbonyl (C=O) groups excluding carboxylic acids is 2. The number of H-pyrrole nitrogens is 1. The summed E-state index contributed by atoms with van der Waals surface area (Å²) < 4.78 is 0. The topological polar surface area (TPSA) is 88.7 Å². The van der Waals surface area contributed by atoms with E-state index in [9.17, 15) is 14.7 Å². The summed E-state index contributed by atoms with van der Waals surface area (Å²) in [5, 5.41) is 13.6. The summed E-state index contributed by atoms with van der Waals surface area (Å²) >= 11 is 0. The summed E-state index contributed by atoms with van der Waals surface area (Å²) in [5.41, 5.74) is 1.53. The monoisotopic (exact) mass is 378 g/mol. The van der Waals surface area contributed by atoms with Crippen LogP contribution < -0.4 is 5.32 Å². The Morgan fingerprint density at radius 3 is 2.42 bits per heavy atom. The summed E-state index contributed by atoms with van der Waals surface area (Å²) in [6, 6.07) is 9.38. The third-order valence-electron chi connectivity index (χ3n) is 5.04. The molecular formula is C18H23ClN4O3. The fraction of sp³-hybridized carbons (Fsp3) is 0.444. The van der Waals surface area contributed by atoms with Crippen molar-refractivity contribution in [1.82, 2.24) is 20.1 Å². The van der Waals surface area contributed by atoms with Crippen LogP contribution in [0.5, 0.6) is 0 Å². The van der Waals surface area contributed by atoms with E-state index in [4.69, 9.17) is 0 Å². The molecule has 4 rings (SSSR count). The Morgan fingerprint density at radius 1 is 1.08 bits per heavy atom. The molecule has 3 heterocycles. The minimum Gasteiger partial charge on any atom is -0.392 e. The molecule has 2 atom stereocenters. The normalized spacial score (nSPS) is 23.1. The summed E-state index contributed by atoms with van der Waals surface area (Å²) in [4.78, 5) is 31.9. The molecule has 3 N–H and O–H groups in total. The molecule has 8 heteroatoms. The van der Waals surface area contributed by atoms with Gasteiger partial charge in [0.25, 0.3) is 5.91 Å². The van der Waals surface area contributed by atoms with Gasteiger partial charge in [-0.3, -0.25) is 9.59 Å². The van der Waals surface area contributed by atoms with Crippen LogP contribution in [0.4, 0.5) is 0 Å². The number of nitrogens with one attached hydrogen (secondary N) is 2. The van der Waals surface area contributed by atoms with Crippen LogP contribution in [0.2, 0.25) is 0 Å². The van der Waals surface area contributed by atoms with Crippen LogP contribution in [-0.2, 0) is 4.79 Å². The average molecular weight is 379 g/mol. The van der Waals surface area contributed by atoms with Crippen molar-refractivity contribution in [3.63, 3.8) is 0 Å². The Bertz CT molecular complexity index is 768. The van der Waals surface area contributed by atoms with Gasteiger partial charge in [0.05, 0.1) is 12.1 Å². The zero-order valence-corrected chi connectivity index (χ0v) is 15.2. The fourth-order valence-electron chi connectivity index (χ4n) is 3.61. The Balaban J connectivity index is 0.00000196. The van der Waals surface area contributed by atoms with Crippen molar-refractivity contribution >= 4 is 35.1 Å². The largest absolute Gasteiger partial charge is 0.392 e. The van der Waals surface area contributed by atoms with Crippen LogP contribution in [0.3, 0.4) is 0 Å². The molecule has 2 unspecified atom stereocenters. The van der Waals surface area contributed by atoms with Gasteiger partial charge >= 0.3 is 0 Å². The number of aliphatic hydroxyl groups is 1. The first-order valence-corrected chi connectivity index (χ1v) is 8.69. The van der Waals surface area contributed by atoms with Crippen LogP contribution in [0.15, 0.2) is 30.3 Å². The van der Waals surface area contributed by atoms with Crippen molar-refractivity contribution in [3.8, 4) is 0 Å². The van der Waals surface area contributed by atoms with Crippen LogP contribution >= 0.6 is 12.4 Å². The average Bonchev–Trinajstić information content (AvgIpc) is 3.26. The van der Waals surface area contributed by atoms with E-state index in [1.54, 1.807) is 9.80 Å². The number of aromatic nitrogens is 1. The van der Waals surface area contributed by atoms with Gasteiger partial charge in [-0.1, -0.05) is 18.2 Å². The molecule has 2 fully saturated rings. The third-order valence-corrected chi connectivity index (χ3v) is 5.04. The molecule has 2 aromatic rings. The van der Waals surface area contributed by atoms with Crippen LogP contribution in [-0.4, -0.2) is 76.6 Å². The first-order valence-electron chi connectivity index (χ1n) is 8.69. The Kier molecular flexibility index (Phi) is 5.50. The highest BCUT2D eigenvalue weighted by Crippen LogP contribution is 2.17. The maximum atomic E-state index is 12.7. The van der Waals surface area contributed by atoms with Crippen molar-refractivity contribution < 1.29 is 14.7 Å². The number of benzene rings is 1. The summed E-state index contributed by atoms with van der Waals surface area (Å²) in [7, 11) is 0. The molecule has 140 valence electrons. The molecule has 0 bridgehead atoms. The van der Waals surface area contributed by atoms with Crippen molar-refractivity contribution in [1.29, 1.82) is 0 Å². The second kappa shape index (κ2) is 7.65. The molecule has 7 nitrogen and oxygen atoms in total. The molecule has 0 saturated carbocycles. The number of amides is 2. The molecule has 0 aliphatic carbocycles. The predicted octanol–water partition coefficient (Wildman–Crippen LogP) is 0.597. The molecule has 2 aliphatic heterocycles. The van der Waals surface area contributed by atoms with Gasteiger partial charge in [0, 0.05) is 43.6 Å². The second-order valence-corrected chi connectivity index (χ2v) is 6.74. The number of rotatable bonds is 2. The highest BCUT2D eigenvalue weighted by atomic mass is 35.5. The van der Waals surface area contributed by atoms with E-state index in [0.29, 0.717) is 44.8 Å². The maximum Gasteiger partial charge on any atom is 0.270 e. The standard InChI is InChI=1S/C18H22N4O3.ClH/c23-13-10-15(19-11-13)17(24)21-5-7-22(8-6-21)18(25)16-9-12-3-1-2-4-14(12)20-16;/h1-4,9,13,15,19-20,23H,5-8,10-11H2;1H. The third kappa shape index (κ3) is 3.56. The Labute approximate surface area is 157 Å². The number of halogens is 1. The van der Waals surface area contributed by atoms with E-state index in [0.717, 1.165) is 10.9 Å². The van der Waals surface area contributed by atoms with Crippen molar-refractivity contribution in [3.05, 3.63) is 36.0 Å². The summed E-state index contributed by atoms with van der Waals surface area (Å²) in [5.74, 6) is -0.00743. The SMILES string of the molecule is Cl.O=C(c1cc2ccccc2[nH]1)N1CCN(C(=O)C2CC(O)CN2)CC1. The van der Waals surface area contributed by atoms with Gasteiger partial charge < -0.3 is 25.2 Å². The van der Waals surface area contributed by atoms with Crippen LogP contribution in [0.25, 0.3) is 10.9 Å². The van der Waals surface area contributed by atoms with Crippen LogP contribution in [0, 0.1) is 0 Å². The maximum absolute atomic E-state index is 12.7. The molecule has 2 amide bonds. The van der Waals surface area contributed by atoms with Gasteiger partial charge in [0.15, 0.2) is 0 Å². The highest BCUT2D eigenvalue weighted by Gasteiger charge is 2.33. The number of para-hydroxylation sites is 1. The molecular weight excluding hydrogens is 356 g/mol. The quantitative estimate of drug-likeness (QED) is 0.714. The van der Waals surface area contributed by atoms with Crippen molar-refractivity contribution in [2.45, 2.75) is 18.6 Å². The molecule has 2 aliphatic rings. The van der Waals surface area contributed by atoms with Gasteiger partial charge in [-0.25, -0.2) is 0 Å². The minimum atomic E-state index is -0.446. The van der Waals surface area contributed by atoms with Crippen molar-refractivity contribution in [2.24, 2.45) is 0 Å². The van der Waals surface area contributed by atoms with Crippen molar-refractivity contribution in [2.75, 3.05) is 32.7 Å². The number of β-amino-alcohol motifs (C(OH)–C–C–N with tert-alkyl or cyclic N) is 1. The number of aliphatic hydroxyl groups excluding tert-OH is 1. The van der Waals surface area contributed by atoms with Gasteiger partial charge in [-0.2, -0.15) is 0 Å². The zero-order valence-electron chi connectivity index (χ0n) is 14.4. The Hall–Kier alpha value is -2.09. The number of aromatic amines is 1. The predicted molar refractivity (Wildman–Crippen MR) is 100 cm³/mol. The minimum absolute atomic E-state index is 0. The molecule has 1 aromatic carbocycles. The lowest BCUT2D eigenvalue weighted by Gasteiger charge is -2.35. The lowest BCUT2D eigenvalue weighted by Crippen LogP contribution is -2.54. The second-order valence-electron chi connectivity index (χ2n) is 6.74. The molecule has 26 heavy (non-hydrogen) atoms. The zero-order chi connectivity index (χ0) is 17.4. The smallest absolute Gasteiger partial charge is 0.270 e. The lowest BCUT2D eigenvalue weighted by molar-refractivity contribution is -0.134. The van der Waals surface area contributed by atoms with Gasteiger partial charge in [-0.05, 0) is 18.6 Å². The molecule has 0 radical (unpaired) electrons. The fourth-order valence-corrected chi connectivity index (χ4v) is 3.61. The number of fused-ring (bicyclic) bond motifs is 1. The van der Waals surface area contributed by atoms with E-state index in [1.807, 2.05) is 30.3 Å². The molecule has 1 aromatic heterocycles. The van der Waals surface area contributed by atoms with E-state index in [-0.39, 0.29) is 30.3 Å². The first kappa shape index (κ1) is 18.7. The van der Waals surface area contributed by atoms with Gasteiger partial charge in [-0.15, -0.1) is 12.4 Å². The lowest BCUT2D eigenvalue weighted by atomic mass is 10.1. The number of hydrogen-bond donors (Lipinski definition) is 3. The van der Waals surface area contributed by atoms with E-state index < -0.39 is 6.10 Å². The molecule has 2 saturated heterocycles. The molecule has 0 spiro atoms. The summed E-state index contributed by atoms with van der Waals surface area (Å²) in [6.07, 6.45) is 0.0198. The number of nitrogens with zero attached hydrogens (tertiary/aromatic N) is 2. The summed E-state index contributed by atoms with van der Waals surface area (Å²) in [6.45, 7) is 2.57.